The number of aryl methyl sites for hydroxylation is 1. The predicted molar refractivity (Wildman–Crippen MR) is 128 cm³/mol. The van der Waals surface area contributed by atoms with Gasteiger partial charge in [0.1, 0.15) is 10.6 Å². The molecule has 0 unspecified atom stereocenters. The Morgan fingerprint density at radius 2 is 1.75 bits per heavy atom. The predicted octanol–water partition coefficient (Wildman–Crippen LogP) is 6.66. The number of ether oxygens (including phenoxy) is 2. The molecule has 4 rings (SSSR count). The maximum atomic E-state index is 12.8. The second-order valence-electron chi connectivity index (χ2n) is 7.20. The first kappa shape index (κ1) is 22.4. The topological polar surface area (TPSA) is 57.5 Å². The lowest BCUT2D eigenvalue weighted by atomic mass is 10.1. The standard InChI is InChI=1S/C24H19Cl2NO4S/c1-13-10-19(14(2)27(13)16-5-7-17(30-3)8-6-16)20(28)12-31-24(29)23-22(26)18-9-4-15(25)11-21(18)32-23/h4-11H,12H2,1-3H3. The number of carbonyl (C=O) groups is 2. The van der Waals surface area contributed by atoms with Crippen LogP contribution in [-0.4, -0.2) is 30.0 Å². The summed E-state index contributed by atoms with van der Waals surface area (Å²) in [6.45, 7) is 3.40. The molecule has 0 spiro atoms. The van der Waals surface area contributed by atoms with E-state index in [1.807, 2.05) is 42.7 Å². The van der Waals surface area contributed by atoms with Gasteiger partial charge in [-0.3, -0.25) is 4.79 Å². The number of hydrogen-bond donors (Lipinski definition) is 0. The minimum absolute atomic E-state index is 0.250. The summed E-state index contributed by atoms with van der Waals surface area (Å²) in [4.78, 5) is 25.7. The molecular formula is C24H19Cl2NO4S. The lowest BCUT2D eigenvalue weighted by Gasteiger charge is -2.10. The number of Topliss-reactive ketones (excluding diaryl/α,β-unsaturated/α-hetero) is 1. The largest absolute Gasteiger partial charge is 0.497 e. The number of methoxy groups -OCH3 is 1. The van der Waals surface area contributed by atoms with Gasteiger partial charge >= 0.3 is 5.97 Å². The lowest BCUT2D eigenvalue weighted by Crippen LogP contribution is -2.14. The molecule has 2 aromatic carbocycles. The minimum atomic E-state index is -0.635. The molecule has 5 nitrogen and oxygen atoms in total. The van der Waals surface area contributed by atoms with Gasteiger partial charge in [0.2, 0.25) is 5.78 Å². The summed E-state index contributed by atoms with van der Waals surface area (Å²) < 4.78 is 13.3. The fraction of sp³-hybridized carbons (Fsp3) is 0.167. The molecule has 0 fully saturated rings. The van der Waals surface area contributed by atoms with E-state index in [4.69, 9.17) is 32.7 Å². The van der Waals surface area contributed by atoms with Gasteiger partial charge in [0, 0.05) is 37.7 Å². The monoisotopic (exact) mass is 487 g/mol. The van der Waals surface area contributed by atoms with E-state index in [0.717, 1.165) is 32.9 Å². The third-order valence-corrected chi connectivity index (χ3v) is 7.05. The zero-order valence-electron chi connectivity index (χ0n) is 17.6. The SMILES string of the molecule is COc1ccc(-n2c(C)cc(C(=O)COC(=O)c3sc4cc(Cl)ccc4c3Cl)c2C)cc1. The van der Waals surface area contributed by atoms with Crippen LogP contribution in [0.2, 0.25) is 10.0 Å². The van der Waals surface area contributed by atoms with E-state index in [2.05, 4.69) is 0 Å². The van der Waals surface area contributed by atoms with Crippen molar-refractivity contribution in [1.29, 1.82) is 0 Å². The van der Waals surface area contributed by atoms with Crippen LogP contribution in [0.1, 0.15) is 31.4 Å². The molecule has 0 saturated carbocycles. The molecule has 2 aromatic heterocycles. The molecule has 0 radical (unpaired) electrons. The van der Waals surface area contributed by atoms with E-state index in [0.29, 0.717) is 15.6 Å². The number of esters is 1. The average molecular weight is 488 g/mol. The van der Waals surface area contributed by atoms with Crippen molar-refractivity contribution in [2.45, 2.75) is 13.8 Å². The minimum Gasteiger partial charge on any atom is -0.497 e. The van der Waals surface area contributed by atoms with Crippen molar-refractivity contribution >= 4 is 56.4 Å². The van der Waals surface area contributed by atoms with E-state index in [1.165, 1.54) is 11.3 Å². The van der Waals surface area contributed by atoms with Crippen molar-refractivity contribution < 1.29 is 19.1 Å². The van der Waals surface area contributed by atoms with Crippen LogP contribution >= 0.6 is 34.5 Å². The van der Waals surface area contributed by atoms with Crippen LogP contribution in [0.25, 0.3) is 15.8 Å². The van der Waals surface area contributed by atoms with Crippen LogP contribution < -0.4 is 4.74 Å². The summed E-state index contributed by atoms with van der Waals surface area (Å²) in [5.41, 5.74) is 3.07. The molecule has 0 atom stereocenters. The van der Waals surface area contributed by atoms with Crippen molar-refractivity contribution in [3.05, 3.63) is 80.4 Å². The van der Waals surface area contributed by atoms with Gasteiger partial charge in [0.05, 0.1) is 12.1 Å². The lowest BCUT2D eigenvalue weighted by molar-refractivity contribution is 0.0479. The fourth-order valence-electron chi connectivity index (χ4n) is 3.62. The Kier molecular flexibility index (Phi) is 6.29. The first-order valence-corrected chi connectivity index (χ1v) is 11.3. The number of thiophene rings is 1. The van der Waals surface area contributed by atoms with E-state index in [-0.39, 0.29) is 17.3 Å². The smallest absolute Gasteiger partial charge is 0.350 e. The first-order chi connectivity index (χ1) is 15.3. The Labute approximate surface area is 199 Å². The molecule has 0 aliphatic rings. The summed E-state index contributed by atoms with van der Waals surface area (Å²) in [7, 11) is 1.61. The maximum Gasteiger partial charge on any atom is 0.350 e. The zero-order valence-corrected chi connectivity index (χ0v) is 19.9. The molecule has 32 heavy (non-hydrogen) atoms. The molecule has 164 valence electrons. The van der Waals surface area contributed by atoms with Gasteiger partial charge in [-0.1, -0.05) is 29.3 Å². The second-order valence-corrected chi connectivity index (χ2v) is 9.07. The van der Waals surface area contributed by atoms with Crippen molar-refractivity contribution in [3.8, 4) is 11.4 Å². The van der Waals surface area contributed by atoms with E-state index in [9.17, 15) is 9.59 Å². The normalized spacial score (nSPS) is 11.0. The molecule has 0 N–H and O–H groups in total. The Morgan fingerprint density at radius 3 is 2.44 bits per heavy atom. The summed E-state index contributed by atoms with van der Waals surface area (Å²) in [5.74, 6) is -0.169. The third-order valence-electron chi connectivity index (χ3n) is 5.17. The molecule has 0 bridgehead atoms. The fourth-order valence-corrected chi connectivity index (χ4v) is 5.30. The molecule has 8 heteroatoms. The summed E-state index contributed by atoms with van der Waals surface area (Å²) in [6.07, 6.45) is 0. The number of carbonyl (C=O) groups excluding carboxylic acids is 2. The quantitative estimate of drug-likeness (QED) is 0.225. The Balaban J connectivity index is 1.52. The molecule has 0 amide bonds. The Morgan fingerprint density at radius 1 is 1.03 bits per heavy atom. The van der Waals surface area contributed by atoms with Crippen molar-refractivity contribution in [2.75, 3.05) is 13.7 Å². The summed E-state index contributed by atoms with van der Waals surface area (Å²) >= 11 is 13.5. The number of ketones is 1. The van der Waals surface area contributed by atoms with Crippen LogP contribution in [0.4, 0.5) is 0 Å². The number of halogens is 2. The van der Waals surface area contributed by atoms with Crippen LogP contribution in [-0.2, 0) is 4.74 Å². The number of aromatic nitrogens is 1. The third kappa shape index (κ3) is 4.13. The van der Waals surface area contributed by atoms with E-state index >= 15 is 0 Å². The highest BCUT2D eigenvalue weighted by Crippen LogP contribution is 2.37. The number of benzene rings is 2. The van der Waals surface area contributed by atoms with E-state index in [1.54, 1.807) is 31.4 Å². The molecule has 4 aromatic rings. The Hall–Kier alpha value is -2.80. The maximum absolute atomic E-state index is 12.8. The zero-order chi connectivity index (χ0) is 23.0. The van der Waals surface area contributed by atoms with Crippen LogP contribution in [0.3, 0.4) is 0 Å². The van der Waals surface area contributed by atoms with Crippen LogP contribution in [0.15, 0.2) is 48.5 Å². The number of rotatable bonds is 6. The van der Waals surface area contributed by atoms with Crippen molar-refractivity contribution in [1.82, 2.24) is 4.57 Å². The van der Waals surface area contributed by atoms with Gasteiger partial charge in [-0.25, -0.2) is 4.79 Å². The number of nitrogens with zero attached hydrogens (tertiary/aromatic N) is 1. The molecule has 2 heterocycles. The van der Waals surface area contributed by atoms with Gasteiger partial charge in [0.15, 0.2) is 6.61 Å². The molecule has 0 saturated heterocycles. The van der Waals surface area contributed by atoms with Gasteiger partial charge in [-0.15, -0.1) is 11.3 Å². The number of fused-ring (bicyclic) bond motifs is 1. The highest BCUT2D eigenvalue weighted by atomic mass is 35.5. The van der Waals surface area contributed by atoms with Gasteiger partial charge in [-0.2, -0.15) is 0 Å². The van der Waals surface area contributed by atoms with Crippen LogP contribution in [0.5, 0.6) is 5.75 Å². The average Bonchev–Trinajstić information content (AvgIpc) is 3.27. The molecule has 0 aliphatic carbocycles. The Bertz CT molecular complexity index is 1340. The first-order valence-electron chi connectivity index (χ1n) is 9.71. The molecular weight excluding hydrogens is 469 g/mol. The summed E-state index contributed by atoms with van der Waals surface area (Å²) in [5, 5.41) is 1.58. The highest BCUT2D eigenvalue weighted by molar-refractivity contribution is 7.21. The second kappa shape index (κ2) is 8.98. The molecule has 0 aliphatic heterocycles. The highest BCUT2D eigenvalue weighted by Gasteiger charge is 2.22. The summed E-state index contributed by atoms with van der Waals surface area (Å²) in [6, 6.07) is 14.6. The van der Waals surface area contributed by atoms with Crippen molar-refractivity contribution in [3.63, 3.8) is 0 Å². The van der Waals surface area contributed by atoms with Crippen LogP contribution in [0, 0.1) is 13.8 Å². The van der Waals surface area contributed by atoms with Gasteiger partial charge in [-0.05, 0) is 56.3 Å². The van der Waals surface area contributed by atoms with Gasteiger partial charge < -0.3 is 14.0 Å². The van der Waals surface area contributed by atoms with Crippen molar-refractivity contribution in [2.24, 2.45) is 0 Å². The number of hydrogen-bond acceptors (Lipinski definition) is 5. The van der Waals surface area contributed by atoms with Gasteiger partial charge in [0.25, 0.3) is 0 Å². The van der Waals surface area contributed by atoms with E-state index < -0.39 is 5.97 Å².